The first-order chi connectivity index (χ1) is 5.84. The predicted octanol–water partition coefficient (Wildman–Crippen LogP) is 0.852. The lowest BCUT2D eigenvalue weighted by Crippen LogP contribution is -2.42. The molecular formula is C10H17NO. The van der Waals surface area contributed by atoms with Crippen LogP contribution in [0.25, 0.3) is 0 Å². The van der Waals surface area contributed by atoms with Crippen molar-refractivity contribution in [3.05, 3.63) is 0 Å². The van der Waals surface area contributed by atoms with E-state index in [0.29, 0.717) is 0 Å². The summed E-state index contributed by atoms with van der Waals surface area (Å²) in [4.78, 5) is 2.62. The Morgan fingerprint density at radius 1 is 1.17 bits per heavy atom. The predicted molar refractivity (Wildman–Crippen MR) is 46.8 cm³/mol. The maximum atomic E-state index is 9.56. The van der Waals surface area contributed by atoms with E-state index < -0.39 is 0 Å². The van der Waals surface area contributed by atoms with Crippen molar-refractivity contribution < 1.29 is 5.11 Å². The number of aliphatic hydroxyl groups is 1. The standard InChI is InChI=1S/C10H17NO/c12-8-3-4-11-6-7-1-2-9(7)10(11)5-8/h7-10,12H,1-6H2. The molecule has 1 saturated carbocycles. The molecule has 0 spiro atoms. The van der Waals surface area contributed by atoms with Crippen molar-refractivity contribution >= 4 is 0 Å². The second-order valence-corrected chi connectivity index (χ2v) is 4.74. The summed E-state index contributed by atoms with van der Waals surface area (Å²) in [6.45, 7) is 2.49. The first kappa shape index (κ1) is 7.34. The molecule has 2 heterocycles. The fraction of sp³-hybridized carbons (Fsp3) is 1.00. The largest absolute Gasteiger partial charge is 0.393 e. The molecule has 3 rings (SSSR count). The average molecular weight is 167 g/mol. The summed E-state index contributed by atoms with van der Waals surface area (Å²) in [5, 5.41) is 9.56. The van der Waals surface area contributed by atoms with Gasteiger partial charge < -0.3 is 5.11 Å². The number of hydrogen-bond acceptors (Lipinski definition) is 2. The van der Waals surface area contributed by atoms with Gasteiger partial charge in [0.1, 0.15) is 0 Å². The fourth-order valence-corrected chi connectivity index (χ4v) is 3.33. The molecule has 2 aliphatic heterocycles. The van der Waals surface area contributed by atoms with Crippen LogP contribution in [0, 0.1) is 11.8 Å². The third-order valence-corrected chi connectivity index (χ3v) is 4.17. The summed E-state index contributed by atoms with van der Waals surface area (Å²) < 4.78 is 0. The van der Waals surface area contributed by atoms with Crippen LogP contribution in [0.1, 0.15) is 25.7 Å². The summed E-state index contributed by atoms with van der Waals surface area (Å²) >= 11 is 0. The van der Waals surface area contributed by atoms with Gasteiger partial charge in [-0.25, -0.2) is 0 Å². The topological polar surface area (TPSA) is 23.5 Å². The minimum absolute atomic E-state index is 0.00519. The van der Waals surface area contributed by atoms with E-state index >= 15 is 0 Å². The fourth-order valence-electron chi connectivity index (χ4n) is 3.33. The molecule has 4 atom stereocenters. The number of aliphatic hydroxyl groups excluding tert-OH is 1. The molecule has 12 heavy (non-hydrogen) atoms. The zero-order chi connectivity index (χ0) is 8.13. The maximum Gasteiger partial charge on any atom is 0.0567 e. The Labute approximate surface area is 73.6 Å². The van der Waals surface area contributed by atoms with E-state index in [-0.39, 0.29) is 6.10 Å². The lowest BCUT2D eigenvalue weighted by Gasteiger charge is -2.37. The highest BCUT2D eigenvalue weighted by atomic mass is 16.3. The first-order valence-corrected chi connectivity index (χ1v) is 5.27. The second kappa shape index (κ2) is 2.46. The van der Waals surface area contributed by atoms with Crippen molar-refractivity contribution in [3.8, 4) is 0 Å². The summed E-state index contributed by atoms with van der Waals surface area (Å²) in [7, 11) is 0. The summed E-state index contributed by atoms with van der Waals surface area (Å²) in [6.07, 6.45) is 4.95. The van der Waals surface area contributed by atoms with Crippen LogP contribution in [0.3, 0.4) is 0 Å². The highest BCUT2D eigenvalue weighted by Crippen LogP contribution is 2.47. The normalized spacial score (nSPS) is 52.8. The van der Waals surface area contributed by atoms with E-state index in [1.807, 2.05) is 0 Å². The number of piperidine rings is 1. The Bertz CT molecular complexity index is 194. The van der Waals surface area contributed by atoms with Gasteiger partial charge in [-0.2, -0.15) is 0 Å². The molecule has 2 saturated heterocycles. The Balaban J connectivity index is 1.77. The van der Waals surface area contributed by atoms with Crippen molar-refractivity contribution in [1.82, 2.24) is 4.90 Å². The van der Waals surface area contributed by atoms with Gasteiger partial charge in [0.05, 0.1) is 6.10 Å². The Kier molecular flexibility index (Phi) is 1.50. The zero-order valence-corrected chi connectivity index (χ0v) is 7.45. The minimum Gasteiger partial charge on any atom is -0.393 e. The Hall–Kier alpha value is -0.0800. The molecule has 0 aromatic carbocycles. The quantitative estimate of drug-likeness (QED) is 0.578. The van der Waals surface area contributed by atoms with Gasteiger partial charge >= 0.3 is 0 Å². The van der Waals surface area contributed by atoms with Gasteiger partial charge in [-0.3, -0.25) is 4.90 Å². The number of nitrogens with zero attached hydrogens (tertiary/aromatic N) is 1. The molecule has 4 unspecified atom stereocenters. The average Bonchev–Trinajstić information content (AvgIpc) is 2.22. The third kappa shape index (κ3) is 0.882. The molecule has 1 N–H and O–H groups in total. The molecule has 2 heteroatoms. The van der Waals surface area contributed by atoms with Gasteiger partial charge in [-0.15, -0.1) is 0 Å². The molecule has 0 radical (unpaired) electrons. The van der Waals surface area contributed by atoms with Gasteiger partial charge in [-0.1, -0.05) is 0 Å². The second-order valence-electron chi connectivity index (χ2n) is 4.74. The third-order valence-electron chi connectivity index (χ3n) is 4.17. The van der Waals surface area contributed by atoms with Crippen LogP contribution in [-0.4, -0.2) is 35.2 Å². The van der Waals surface area contributed by atoms with Crippen LogP contribution in [-0.2, 0) is 0 Å². The highest BCUT2D eigenvalue weighted by Gasteiger charge is 2.48. The molecule has 0 aromatic heterocycles. The van der Waals surface area contributed by atoms with Crippen molar-refractivity contribution in [3.63, 3.8) is 0 Å². The Morgan fingerprint density at radius 3 is 2.83 bits per heavy atom. The summed E-state index contributed by atoms with van der Waals surface area (Å²) in [5.74, 6) is 1.96. The van der Waals surface area contributed by atoms with Gasteiger partial charge in [0, 0.05) is 19.1 Å². The number of rotatable bonds is 0. The van der Waals surface area contributed by atoms with E-state index in [1.165, 1.54) is 19.4 Å². The van der Waals surface area contributed by atoms with E-state index in [4.69, 9.17) is 0 Å². The summed E-state index contributed by atoms with van der Waals surface area (Å²) in [6, 6.07) is 0.757. The van der Waals surface area contributed by atoms with Crippen LogP contribution < -0.4 is 0 Å². The SMILES string of the molecule is OC1CCN2CC3CCC3C2C1. The molecule has 0 bridgehead atoms. The molecule has 2 nitrogen and oxygen atoms in total. The highest BCUT2D eigenvalue weighted by molar-refractivity contribution is 5.01. The molecule has 0 amide bonds. The summed E-state index contributed by atoms with van der Waals surface area (Å²) in [5.41, 5.74) is 0. The van der Waals surface area contributed by atoms with Gasteiger partial charge in [-0.05, 0) is 37.5 Å². The van der Waals surface area contributed by atoms with Crippen LogP contribution in [0.15, 0.2) is 0 Å². The molecule has 3 fully saturated rings. The van der Waals surface area contributed by atoms with E-state index in [0.717, 1.165) is 37.3 Å². The van der Waals surface area contributed by atoms with Crippen LogP contribution >= 0.6 is 0 Å². The first-order valence-electron chi connectivity index (χ1n) is 5.27. The lowest BCUT2D eigenvalue weighted by molar-refractivity contribution is 0.0446. The van der Waals surface area contributed by atoms with Gasteiger partial charge in [0.25, 0.3) is 0 Å². The molecular weight excluding hydrogens is 150 g/mol. The molecule has 0 aromatic rings. The van der Waals surface area contributed by atoms with Crippen molar-refractivity contribution in [1.29, 1.82) is 0 Å². The van der Waals surface area contributed by atoms with Crippen LogP contribution in [0.4, 0.5) is 0 Å². The van der Waals surface area contributed by atoms with Crippen molar-refractivity contribution in [2.45, 2.75) is 37.8 Å². The van der Waals surface area contributed by atoms with Gasteiger partial charge in [0.2, 0.25) is 0 Å². The molecule has 1 aliphatic carbocycles. The minimum atomic E-state index is 0.00519. The number of fused-ring (bicyclic) bond motifs is 3. The van der Waals surface area contributed by atoms with E-state index in [1.54, 1.807) is 0 Å². The number of hydrogen-bond donors (Lipinski definition) is 1. The van der Waals surface area contributed by atoms with Crippen molar-refractivity contribution in [2.24, 2.45) is 11.8 Å². The van der Waals surface area contributed by atoms with E-state index in [9.17, 15) is 5.11 Å². The molecule has 3 aliphatic rings. The van der Waals surface area contributed by atoms with Crippen LogP contribution in [0.2, 0.25) is 0 Å². The van der Waals surface area contributed by atoms with Crippen LogP contribution in [0.5, 0.6) is 0 Å². The zero-order valence-electron chi connectivity index (χ0n) is 7.45. The Morgan fingerprint density at radius 2 is 2.08 bits per heavy atom. The lowest BCUT2D eigenvalue weighted by atomic mass is 9.72. The smallest absolute Gasteiger partial charge is 0.0567 e. The van der Waals surface area contributed by atoms with Gasteiger partial charge in [0.15, 0.2) is 0 Å². The van der Waals surface area contributed by atoms with Crippen molar-refractivity contribution in [2.75, 3.05) is 13.1 Å². The maximum absolute atomic E-state index is 9.56. The molecule has 68 valence electrons. The monoisotopic (exact) mass is 167 g/mol. The van der Waals surface area contributed by atoms with E-state index in [2.05, 4.69) is 4.90 Å².